The van der Waals surface area contributed by atoms with E-state index in [4.69, 9.17) is 4.74 Å². The third kappa shape index (κ3) is 6.27. The van der Waals surface area contributed by atoms with Crippen LogP contribution in [0.15, 0.2) is 72.8 Å². The lowest BCUT2D eigenvalue weighted by atomic mass is 9.87. The van der Waals surface area contributed by atoms with Crippen LogP contribution in [-0.4, -0.2) is 41.9 Å². The molecule has 0 N–H and O–H groups in total. The second-order valence-electron chi connectivity index (χ2n) is 10.3. The molecule has 178 valence electrons. The van der Waals surface area contributed by atoms with Crippen LogP contribution in [-0.2, 0) is 18.6 Å². The Hall–Kier alpha value is -3.11. The molecule has 34 heavy (non-hydrogen) atoms. The molecule has 1 saturated heterocycles. The summed E-state index contributed by atoms with van der Waals surface area (Å²) < 4.78 is 5.99. The highest BCUT2D eigenvalue weighted by atomic mass is 16.5. The molecule has 0 bridgehead atoms. The summed E-state index contributed by atoms with van der Waals surface area (Å²) in [5.41, 5.74) is 5.75. The van der Waals surface area contributed by atoms with Crippen LogP contribution in [0.1, 0.15) is 53.4 Å². The molecule has 1 heterocycles. The summed E-state index contributed by atoms with van der Waals surface area (Å²) >= 11 is 0. The highest BCUT2D eigenvalue weighted by molar-refractivity contribution is 5.94. The molecule has 3 aromatic rings. The Kier molecular flexibility index (Phi) is 7.38. The summed E-state index contributed by atoms with van der Waals surface area (Å²) in [6.07, 6.45) is 0. The second-order valence-corrected chi connectivity index (χ2v) is 10.3. The zero-order valence-corrected chi connectivity index (χ0v) is 20.9. The zero-order chi connectivity index (χ0) is 24.1. The van der Waals surface area contributed by atoms with Crippen LogP contribution in [0.25, 0.3) is 0 Å². The summed E-state index contributed by atoms with van der Waals surface area (Å²) in [6.45, 7) is 13.4. The molecule has 4 heteroatoms. The van der Waals surface area contributed by atoms with E-state index in [0.29, 0.717) is 6.61 Å². The topological polar surface area (TPSA) is 32.8 Å². The number of carbonyl (C=O) groups is 1. The third-order valence-corrected chi connectivity index (χ3v) is 6.49. The molecular formula is C30H36N2O2. The molecule has 4 rings (SSSR count). The monoisotopic (exact) mass is 456 g/mol. The number of aryl methyl sites for hydroxylation is 1. The van der Waals surface area contributed by atoms with E-state index in [1.807, 2.05) is 41.3 Å². The Balaban J connectivity index is 1.30. The molecule has 0 spiro atoms. The lowest BCUT2D eigenvalue weighted by Crippen LogP contribution is -2.48. The van der Waals surface area contributed by atoms with Crippen molar-refractivity contribution in [1.29, 1.82) is 0 Å². The number of ether oxygens (including phenoxy) is 1. The predicted octanol–water partition coefficient (Wildman–Crippen LogP) is 5.83. The van der Waals surface area contributed by atoms with Gasteiger partial charge in [-0.15, -0.1) is 0 Å². The number of piperazine rings is 1. The fourth-order valence-electron chi connectivity index (χ4n) is 4.26. The van der Waals surface area contributed by atoms with Crippen molar-refractivity contribution < 1.29 is 9.53 Å². The molecule has 4 nitrogen and oxygen atoms in total. The van der Waals surface area contributed by atoms with E-state index in [2.05, 4.69) is 69.0 Å². The van der Waals surface area contributed by atoms with Gasteiger partial charge in [-0.2, -0.15) is 0 Å². The van der Waals surface area contributed by atoms with Gasteiger partial charge in [0.1, 0.15) is 12.4 Å². The van der Waals surface area contributed by atoms with Crippen LogP contribution >= 0.6 is 0 Å². The van der Waals surface area contributed by atoms with Gasteiger partial charge in [0.2, 0.25) is 0 Å². The fraction of sp³-hybridized carbons (Fsp3) is 0.367. The van der Waals surface area contributed by atoms with Gasteiger partial charge in [-0.1, -0.05) is 74.9 Å². The number of hydrogen-bond donors (Lipinski definition) is 0. The van der Waals surface area contributed by atoms with Gasteiger partial charge >= 0.3 is 0 Å². The van der Waals surface area contributed by atoms with Crippen LogP contribution in [0.5, 0.6) is 5.75 Å². The van der Waals surface area contributed by atoms with Gasteiger partial charge in [-0.3, -0.25) is 9.69 Å². The van der Waals surface area contributed by atoms with Gasteiger partial charge in [0, 0.05) is 38.3 Å². The molecule has 0 radical (unpaired) electrons. The van der Waals surface area contributed by atoms with Gasteiger partial charge < -0.3 is 9.64 Å². The quantitative estimate of drug-likeness (QED) is 0.468. The molecule has 1 aliphatic rings. The Morgan fingerprint density at radius 2 is 1.53 bits per heavy atom. The van der Waals surface area contributed by atoms with E-state index in [0.717, 1.165) is 49.6 Å². The minimum Gasteiger partial charge on any atom is -0.489 e. The van der Waals surface area contributed by atoms with E-state index in [1.165, 1.54) is 16.7 Å². The van der Waals surface area contributed by atoms with Crippen molar-refractivity contribution in [3.63, 3.8) is 0 Å². The van der Waals surface area contributed by atoms with E-state index in [1.54, 1.807) is 0 Å². The lowest BCUT2D eigenvalue weighted by molar-refractivity contribution is 0.0628. The minimum atomic E-state index is 0.103. The average Bonchev–Trinajstić information content (AvgIpc) is 2.84. The molecule has 0 aromatic heterocycles. The molecule has 3 aromatic carbocycles. The first-order chi connectivity index (χ1) is 16.3. The summed E-state index contributed by atoms with van der Waals surface area (Å²) in [7, 11) is 0. The van der Waals surface area contributed by atoms with Crippen molar-refractivity contribution in [1.82, 2.24) is 9.80 Å². The first-order valence-corrected chi connectivity index (χ1v) is 12.2. The van der Waals surface area contributed by atoms with Crippen molar-refractivity contribution in [2.24, 2.45) is 0 Å². The number of hydrogen-bond acceptors (Lipinski definition) is 3. The Morgan fingerprint density at radius 3 is 2.18 bits per heavy atom. The van der Waals surface area contributed by atoms with Crippen LogP contribution in [0.4, 0.5) is 0 Å². The first kappa shape index (κ1) is 24.0. The maximum absolute atomic E-state index is 13.1. The van der Waals surface area contributed by atoms with Crippen LogP contribution < -0.4 is 4.74 Å². The third-order valence-electron chi connectivity index (χ3n) is 6.49. The van der Waals surface area contributed by atoms with Crippen molar-refractivity contribution in [2.45, 2.75) is 46.3 Å². The average molecular weight is 457 g/mol. The molecule has 0 unspecified atom stereocenters. The van der Waals surface area contributed by atoms with E-state index in [9.17, 15) is 4.79 Å². The van der Waals surface area contributed by atoms with Crippen molar-refractivity contribution in [3.05, 3.63) is 101 Å². The number of benzene rings is 3. The van der Waals surface area contributed by atoms with Gasteiger partial charge in [0.25, 0.3) is 5.91 Å². The largest absolute Gasteiger partial charge is 0.489 e. The number of rotatable bonds is 6. The summed E-state index contributed by atoms with van der Waals surface area (Å²) in [5.74, 6) is 0.945. The molecule has 1 amide bonds. The van der Waals surface area contributed by atoms with Crippen molar-refractivity contribution in [2.75, 3.05) is 26.2 Å². The van der Waals surface area contributed by atoms with Crippen LogP contribution in [0.3, 0.4) is 0 Å². The second kappa shape index (κ2) is 10.4. The van der Waals surface area contributed by atoms with E-state index < -0.39 is 0 Å². The zero-order valence-electron chi connectivity index (χ0n) is 20.9. The Morgan fingerprint density at radius 1 is 0.853 bits per heavy atom. The molecule has 1 aliphatic heterocycles. The van der Waals surface area contributed by atoms with E-state index >= 15 is 0 Å². The van der Waals surface area contributed by atoms with Gasteiger partial charge in [-0.05, 0) is 53.3 Å². The van der Waals surface area contributed by atoms with Gasteiger partial charge in [0.15, 0.2) is 0 Å². The Labute approximate surface area is 204 Å². The SMILES string of the molecule is Cc1ccc(CN2CCN(C(=O)c3cccc(COc4ccc(C(C)(C)C)cc4)c3)CC2)cc1. The number of nitrogens with zero attached hydrogens (tertiary/aromatic N) is 2. The van der Waals surface area contributed by atoms with Crippen LogP contribution in [0.2, 0.25) is 0 Å². The highest BCUT2D eigenvalue weighted by Gasteiger charge is 2.22. The summed E-state index contributed by atoms with van der Waals surface area (Å²) in [5, 5.41) is 0. The number of amides is 1. The van der Waals surface area contributed by atoms with Gasteiger partial charge in [0.05, 0.1) is 0 Å². The van der Waals surface area contributed by atoms with E-state index in [-0.39, 0.29) is 11.3 Å². The summed E-state index contributed by atoms with van der Waals surface area (Å²) in [4.78, 5) is 17.5. The normalized spacial score (nSPS) is 14.8. The maximum atomic E-state index is 13.1. The molecular weight excluding hydrogens is 420 g/mol. The Bertz CT molecular complexity index is 1090. The smallest absolute Gasteiger partial charge is 0.253 e. The molecule has 0 aliphatic carbocycles. The molecule has 0 saturated carbocycles. The van der Waals surface area contributed by atoms with Crippen LogP contribution in [0, 0.1) is 6.92 Å². The first-order valence-electron chi connectivity index (χ1n) is 12.2. The predicted molar refractivity (Wildman–Crippen MR) is 138 cm³/mol. The number of carbonyl (C=O) groups excluding carboxylic acids is 1. The summed E-state index contributed by atoms with van der Waals surface area (Å²) in [6, 6.07) is 24.8. The maximum Gasteiger partial charge on any atom is 0.253 e. The highest BCUT2D eigenvalue weighted by Crippen LogP contribution is 2.24. The standard InChI is InChI=1S/C30H36N2O2/c1-23-8-10-24(11-9-23)21-31-16-18-32(19-17-31)29(33)26-7-5-6-25(20-26)22-34-28-14-12-27(13-15-28)30(2,3)4/h5-15,20H,16-19,21-22H2,1-4H3. The van der Waals surface area contributed by atoms with Crippen molar-refractivity contribution in [3.8, 4) is 5.75 Å². The minimum absolute atomic E-state index is 0.103. The molecule has 1 fully saturated rings. The van der Waals surface area contributed by atoms with Gasteiger partial charge in [-0.25, -0.2) is 0 Å². The lowest BCUT2D eigenvalue weighted by Gasteiger charge is -2.35. The fourth-order valence-corrected chi connectivity index (χ4v) is 4.26. The molecule has 0 atom stereocenters. The van der Waals surface area contributed by atoms with Crippen molar-refractivity contribution >= 4 is 5.91 Å².